The maximum Gasteiger partial charge on any atom is 0.123 e. The average molecular weight is 330 g/mol. The van der Waals surface area contributed by atoms with Gasteiger partial charge in [-0.25, -0.2) is 0 Å². The molecule has 3 saturated heterocycles. The van der Waals surface area contributed by atoms with E-state index < -0.39 is 0 Å². The maximum atomic E-state index is 6.41. The standard InChI is InChI=1S/C20H30N2O2/c1-8-20(9-11-22(10-1)16-20)24-19-4-2-17(3-5-19)14-21-15-18-6-12-23-13-7-18/h2-5,18,21H,1,6-16H2/t20-/m0/s1. The van der Waals surface area contributed by atoms with Crippen molar-refractivity contribution in [3.8, 4) is 5.75 Å². The molecule has 3 fully saturated rings. The van der Waals surface area contributed by atoms with Gasteiger partial charge in [0.2, 0.25) is 0 Å². The van der Waals surface area contributed by atoms with Crippen molar-refractivity contribution in [2.45, 2.75) is 44.2 Å². The van der Waals surface area contributed by atoms with Crippen molar-refractivity contribution >= 4 is 0 Å². The SMILES string of the molecule is c1cc(O[C@@]23CCCN(CC2)C3)ccc1CNCC1CCOCC1. The van der Waals surface area contributed by atoms with Crippen molar-refractivity contribution < 1.29 is 9.47 Å². The molecule has 3 aliphatic rings. The van der Waals surface area contributed by atoms with Gasteiger partial charge in [0.25, 0.3) is 0 Å². The van der Waals surface area contributed by atoms with Crippen molar-refractivity contribution in [3.05, 3.63) is 29.8 Å². The third-order valence-corrected chi connectivity index (χ3v) is 5.86. The molecule has 1 N–H and O–H groups in total. The molecule has 4 nitrogen and oxygen atoms in total. The zero-order valence-electron chi connectivity index (χ0n) is 14.6. The number of rotatable bonds is 6. The van der Waals surface area contributed by atoms with E-state index in [-0.39, 0.29) is 5.60 Å². The van der Waals surface area contributed by atoms with E-state index in [1.54, 1.807) is 0 Å². The molecule has 2 atom stereocenters. The number of nitrogens with zero attached hydrogens (tertiary/aromatic N) is 1. The summed E-state index contributed by atoms with van der Waals surface area (Å²) in [7, 11) is 0. The van der Waals surface area contributed by atoms with Crippen LogP contribution in [-0.4, -0.2) is 49.9 Å². The van der Waals surface area contributed by atoms with Crippen molar-refractivity contribution in [1.82, 2.24) is 10.2 Å². The lowest BCUT2D eigenvalue weighted by atomic mass is 9.94. The molecule has 24 heavy (non-hydrogen) atoms. The average Bonchev–Trinajstić information content (AvgIpc) is 2.91. The van der Waals surface area contributed by atoms with E-state index in [4.69, 9.17) is 9.47 Å². The first kappa shape index (κ1) is 16.4. The largest absolute Gasteiger partial charge is 0.486 e. The quantitative estimate of drug-likeness (QED) is 0.870. The monoisotopic (exact) mass is 330 g/mol. The Balaban J connectivity index is 1.25. The second kappa shape index (κ2) is 7.42. The van der Waals surface area contributed by atoms with Crippen LogP contribution in [-0.2, 0) is 11.3 Å². The summed E-state index contributed by atoms with van der Waals surface area (Å²) in [5.74, 6) is 1.81. The summed E-state index contributed by atoms with van der Waals surface area (Å²) < 4.78 is 11.8. The number of piperidine rings is 1. The molecule has 3 heterocycles. The van der Waals surface area contributed by atoms with Crippen molar-refractivity contribution in [3.63, 3.8) is 0 Å². The predicted molar refractivity (Wildman–Crippen MR) is 95.3 cm³/mol. The summed E-state index contributed by atoms with van der Waals surface area (Å²) in [6, 6.07) is 8.71. The van der Waals surface area contributed by atoms with Crippen LogP contribution in [0.2, 0.25) is 0 Å². The molecule has 0 radical (unpaired) electrons. The third kappa shape index (κ3) is 3.93. The Morgan fingerprint density at radius 1 is 1.12 bits per heavy atom. The fourth-order valence-corrected chi connectivity index (χ4v) is 4.38. The molecule has 1 unspecified atom stereocenters. The van der Waals surface area contributed by atoms with Gasteiger partial charge in [0.1, 0.15) is 11.4 Å². The van der Waals surface area contributed by atoms with E-state index in [1.165, 1.54) is 50.8 Å². The number of nitrogens with one attached hydrogen (secondary N) is 1. The van der Waals surface area contributed by atoms with E-state index in [0.29, 0.717) is 0 Å². The molecule has 4 rings (SSSR count). The molecule has 0 amide bonds. The lowest BCUT2D eigenvalue weighted by Gasteiger charge is -2.34. The van der Waals surface area contributed by atoms with Gasteiger partial charge in [-0.05, 0) is 62.4 Å². The highest BCUT2D eigenvalue weighted by atomic mass is 16.5. The minimum absolute atomic E-state index is 0.0844. The summed E-state index contributed by atoms with van der Waals surface area (Å²) in [6.45, 7) is 7.46. The third-order valence-electron chi connectivity index (χ3n) is 5.86. The minimum atomic E-state index is 0.0844. The van der Waals surface area contributed by atoms with Gasteiger partial charge in [0.15, 0.2) is 0 Å². The Morgan fingerprint density at radius 3 is 2.79 bits per heavy atom. The van der Waals surface area contributed by atoms with E-state index in [1.807, 2.05) is 0 Å². The fourth-order valence-electron chi connectivity index (χ4n) is 4.38. The van der Waals surface area contributed by atoms with Gasteiger partial charge < -0.3 is 14.8 Å². The second-order valence-electron chi connectivity index (χ2n) is 7.75. The van der Waals surface area contributed by atoms with Gasteiger partial charge in [-0.3, -0.25) is 4.90 Å². The zero-order valence-corrected chi connectivity index (χ0v) is 14.6. The topological polar surface area (TPSA) is 33.7 Å². The number of ether oxygens (including phenoxy) is 2. The first-order chi connectivity index (χ1) is 11.8. The Kier molecular flexibility index (Phi) is 5.06. The number of benzene rings is 1. The summed E-state index contributed by atoms with van der Waals surface area (Å²) >= 11 is 0. The Morgan fingerprint density at radius 2 is 1.96 bits per heavy atom. The van der Waals surface area contributed by atoms with Crippen molar-refractivity contribution in [1.29, 1.82) is 0 Å². The van der Waals surface area contributed by atoms with Crippen molar-refractivity contribution in [2.75, 3.05) is 39.4 Å². The summed E-state index contributed by atoms with van der Waals surface area (Å²) in [5.41, 5.74) is 1.42. The number of fused-ring (bicyclic) bond motifs is 2. The lowest BCUT2D eigenvalue weighted by molar-refractivity contribution is 0.0453. The summed E-state index contributed by atoms with van der Waals surface area (Å²) in [6.07, 6.45) is 6.05. The Labute approximate surface area is 145 Å². The lowest BCUT2D eigenvalue weighted by Crippen LogP contribution is -2.43. The normalized spacial score (nSPS) is 30.4. The van der Waals surface area contributed by atoms with Gasteiger partial charge in [0, 0.05) is 39.3 Å². The molecule has 3 aliphatic heterocycles. The first-order valence-corrected chi connectivity index (χ1v) is 9.60. The van der Waals surface area contributed by atoms with Crippen LogP contribution in [0.15, 0.2) is 24.3 Å². The molecule has 0 spiro atoms. The van der Waals surface area contributed by atoms with Gasteiger partial charge in [-0.1, -0.05) is 12.1 Å². The van der Waals surface area contributed by atoms with Crippen LogP contribution >= 0.6 is 0 Å². The van der Waals surface area contributed by atoms with E-state index in [0.717, 1.165) is 44.5 Å². The Bertz CT molecular complexity index is 523. The highest BCUT2D eigenvalue weighted by Gasteiger charge is 2.42. The highest BCUT2D eigenvalue weighted by Crippen LogP contribution is 2.35. The van der Waals surface area contributed by atoms with Crippen LogP contribution in [0.5, 0.6) is 5.75 Å². The molecule has 4 heteroatoms. The van der Waals surface area contributed by atoms with Crippen LogP contribution in [0.4, 0.5) is 0 Å². The molecule has 1 aromatic carbocycles. The van der Waals surface area contributed by atoms with E-state index in [2.05, 4.69) is 34.5 Å². The second-order valence-corrected chi connectivity index (χ2v) is 7.75. The molecule has 1 aromatic rings. The van der Waals surface area contributed by atoms with Crippen molar-refractivity contribution in [2.24, 2.45) is 5.92 Å². The van der Waals surface area contributed by atoms with Gasteiger partial charge in [0.05, 0.1) is 0 Å². The molecule has 0 aliphatic carbocycles. The Hall–Kier alpha value is -1.10. The van der Waals surface area contributed by atoms with Crippen LogP contribution < -0.4 is 10.1 Å². The van der Waals surface area contributed by atoms with Gasteiger partial charge in [-0.15, -0.1) is 0 Å². The van der Waals surface area contributed by atoms with Crippen LogP contribution in [0.25, 0.3) is 0 Å². The van der Waals surface area contributed by atoms with Gasteiger partial charge in [-0.2, -0.15) is 0 Å². The van der Waals surface area contributed by atoms with Crippen LogP contribution in [0.3, 0.4) is 0 Å². The number of hydrogen-bond donors (Lipinski definition) is 1. The predicted octanol–water partition coefficient (Wildman–Crippen LogP) is 2.82. The summed E-state index contributed by atoms with van der Waals surface area (Å²) in [4.78, 5) is 2.54. The van der Waals surface area contributed by atoms with Gasteiger partial charge >= 0.3 is 0 Å². The molecule has 0 saturated carbocycles. The summed E-state index contributed by atoms with van der Waals surface area (Å²) in [5, 5.41) is 3.59. The molecule has 2 bridgehead atoms. The van der Waals surface area contributed by atoms with Crippen LogP contribution in [0.1, 0.15) is 37.7 Å². The molecule has 132 valence electrons. The maximum absolute atomic E-state index is 6.41. The molecular formula is C20H30N2O2. The highest BCUT2D eigenvalue weighted by molar-refractivity contribution is 5.28. The van der Waals surface area contributed by atoms with E-state index in [9.17, 15) is 0 Å². The van der Waals surface area contributed by atoms with E-state index >= 15 is 0 Å². The molecular weight excluding hydrogens is 300 g/mol. The zero-order chi connectivity index (χ0) is 16.2. The van der Waals surface area contributed by atoms with Crippen LogP contribution in [0, 0.1) is 5.92 Å². The first-order valence-electron chi connectivity index (χ1n) is 9.60. The molecule has 0 aromatic heterocycles. The number of hydrogen-bond acceptors (Lipinski definition) is 4. The smallest absolute Gasteiger partial charge is 0.123 e. The minimum Gasteiger partial charge on any atom is -0.486 e. The fraction of sp³-hybridized carbons (Fsp3) is 0.700.